The third-order valence-electron chi connectivity index (χ3n) is 4.98. The van der Waals surface area contributed by atoms with Gasteiger partial charge in [-0.15, -0.1) is 0 Å². The first kappa shape index (κ1) is 24.4. The summed E-state index contributed by atoms with van der Waals surface area (Å²) in [6, 6.07) is 17.5. The van der Waals surface area contributed by atoms with Gasteiger partial charge >= 0.3 is 11.9 Å². The molecule has 0 atom stereocenters. The van der Waals surface area contributed by atoms with Crippen molar-refractivity contribution in [1.82, 2.24) is 0 Å². The Morgan fingerprint density at radius 2 is 0.941 bits per heavy atom. The van der Waals surface area contributed by atoms with Crippen LogP contribution in [0.4, 0.5) is 0 Å². The summed E-state index contributed by atoms with van der Waals surface area (Å²) in [5, 5.41) is 0. The van der Waals surface area contributed by atoms with Crippen LogP contribution in [0.3, 0.4) is 0 Å². The van der Waals surface area contributed by atoms with Crippen LogP contribution in [0.1, 0.15) is 31.8 Å². The van der Waals surface area contributed by atoms with Gasteiger partial charge in [-0.25, -0.2) is 9.59 Å². The van der Waals surface area contributed by atoms with Gasteiger partial charge in [0.15, 0.2) is 23.0 Å². The van der Waals surface area contributed by atoms with Crippen LogP contribution in [0.5, 0.6) is 23.0 Å². The van der Waals surface area contributed by atoms with E-state index in [1.54, 1.807) is 36.4 Å². The van der Waals surface area contributed by atoms with Crippen molar-refractivity contribution >= 4 is 11.9 Å². The molecule has 0 aliphatic rings. The number of carbonyl (C=O) groups is 2. The maximum absolute atomic E-state index is 11.7. The van der Waals surface area contributed by atoms with Crippen LogP contribution in [0.15, 0.2) is 60.7 Å². The molecule has 0 aromatic heterocycles. The summed E-state index contributed by atoms with van der Waals surface area (Å²) in [5.74, 6) is 1.04. The fraction of sp³-hybridized carbons (Fsp3) is 0.231. The molecule has 0 aliphatic carbocycles. The molecule has 0 saturated carbocycles. The molecule has 0 unspecified atom stereocenters. The van der Waals surface area contributed by atoms with Gasteiger partial charge in [-0.1, -0.05) is 24.3 Å². The largest absolute Gasteiger partial charge is 0.493 e. The zero-order valence-corrected chi connectivity index (χ0v) is 19.5. The van der Waals surface area contributed by atoms with Crippen molar-refractivity contribution < 1.29 is 38.0 Å². The highest BCUT2D eigenvalue weighted by atomic mass is 16.5. The topological polar surface area (TPSA) is 89.5 Å². The van der Waals surface area contributed by atoms with Crippen LogP contribution in [0, 0.1) is 0 Å². The zero-order valence-electron chi connectivity index (χ0n) is 19.5. The number of ether oxygens (including phenoxy) is 6. The van der Waals surface area contributed by atoms with E-state index >= 15 is 0 Å². The summed E-state index contributed by atoms with van der Waals surface area (Å²) in [4.78, 5) is 23.4. The van der Waals surface area contributed by atoms with E-state index in [1.807, 2.05) is 24.3 Å². The smallest absolute Gasteiger partial charge is 0.337 e. The predicted molar refractivity (Wildman–Crippen MR) is 124 cm³/mol. The number of carbonyl (C=O) groups excluding carboxylic acids is 2. The normalized spacial score (nSPS) is 10.2. The lowest BCUT2D eigenvalue weighted by molar-refractivity contribution is 0.0591. The highest BCUT2D eigenvalue weighted by molar-refractivity contribution is 5.90. The molecule has 3 aromatic carbocycles. The van der Waals surface area contributed by atoms with Gasteiger partial charge in [-0.2, -0.15) is 0 Å². The van der Waals surface area contributed by atoms with E-state index in [1.165, 1.54) is 28.4 Å². The van der Waals surface area contributed by atoms with Crippen molar-refractivity contribution in [1.29, 1.82) is 0 Å². The molecule has 0 fully saturated rings. The van der Waals surface area contributed by atoms with E-state index in [4.69, 9.17) is 28.4 Å². The highest BCUT2D eigenvalue weighted by Crippen LogP contribution is 2.30. The maximum atomic E-state index is 11.7. The number of rotatable bonds is 10. The quantitative estimate of drug-likeness (QED) is 0.405. The summed E-state index contributed by atoms with van der Waals surface area (Å²) < 4.78 is 31.8. The molecule has 0 spiro atoms. The SMILES string of the molecule is COC(=O)c1ccc(OCc2ccc(COc3ccc(C(=O)OC)cc3OC)cc2)c(OC)c1. The molecule has 0 N–H and O–H groups in total. The maximum Gasteiger partial charge on any atom is 0.337 e. The lowest BCUT2D eigenvalue weighted by Crippen LogP contribution is -2.04. The van der Waals surface area contributed by atoms with Gasteiger partial charge in [0, 0.05) is 0 Å². The highest BCUT2D eigenvalue weighted by Gasteiger charge is 2.13. The van der Waals surface area contributed by atoms with Crippen LogP contribution >= 0.6 is 0 Å². The molecule has 178 valence electrons. The summed E-state index contributed by atoms with van der Waals surface area (Å²) in [7, 11) is 5.67. The first-order valence-electron chi connectivity index (χ1n) is 10.3. The molecule has 8 heteroatoms. The predicted octanol–water partition coefficient (Wildman–Crippen LogP) is 4.44. The first-order valence-corrected chi connectivity index (χ1v) is 10.3. The van der Waals surface area contributed by atoms with Gasteiger partial charge < -0.3 is 28.4 Å². The Kier molecular flexibility index (Phi) is 8.34. The number of benzene rings is 3. The van der Waals surface area contributed by atoms with E-state index in [-0.39, 0.29) is 0 Å². The summed E-state index contributed by atoms with van der Waals surface area (Å²) in [5.41, 5.74) is 2.66. The van der Waals surface area contributed by atoms with Crippen molar-refractivity contribution in [2.24, 2.45) is 0 Å². The summed E-state index contributed by atoms with van der Waals surface area (Å²) in [6.45, 7) is 0.635. The molecule has 0 aliphatic heterocycles. The van der Waals surface area contributed by atoms with Crippen molar-refractivity contribution in [2.75, 3.05) is 28.4 Å². The first-order chi connectivity index (χ1) is 16.5. The van der Waals surface area contributed by atoms with Crippen LogP contribution in [-0.4, -0.2) is 40.4 Å². The summed E-state index contributed by atoms with van der Waals surface area (Å²) in [6.07, 6.45) is 0. The Morgan fingerprint density at radius 1 is 0.559 bits per heavy atom. The lowest BCUT2D eigenvalue weighted by atomic mass is 10.1. The molecule has 8 nitrogen and oxygen atoms in total. The second-order valence-electron chi connectivity index (χ2n) is 7.11. The molecule has 0 bridgehead atoms. The fourth-order valence-electron chi connectivity index (χ4n) is 3.12. The number of hydrogen-bond donors (Lipinski definition) is 0. The van der Waals surface area contributed by atoms with E-state index in [2.05, 4.69) is 0 Å². The van der Waals surface area contributed by atoms with Crippen molar-refractivity contribution in [3.8, 4) is 23.0 Å². The number of hydrogen-bond acceptors (Lipinski definition) is 8. The molecule has 34 heavy (non-hydrogen) atoms. The molecule has 0 radical (unpaired) electrons. The average molecular weight is 466 g/mol. The van der Waals surface area contributed by atoms with Gasteiger partial charge in [0.05, 0.1) is 39.6 Å². The van der Waals surface area contributed by atoms with Crippen molar-refractivity contribution in [3.05, 3.63) is 82.9 Å². The molecular weight excluding hydrogens is 440 g/mol. The monoisotopic (exact) mass is 466 g/mol. The van der Waals surface area contributed by atoms with Gasteiger partial charge in [-0.05, 0) is 47.5 Å². The second-order valence-corrected chi connectivity index (χ2v) is 7.11. The van der Waals surface area contributed by atoms with Crippen LogP contribution in [0.2, 0.25) is 0 Å². The minimum Gasteiger partial charge on any atom is -0.493 e. The number of esters is 2. The van der Waals surface area contributed by atoms with Crippen LogP contribution < -0.4 is 18.9 Å². The Labute approximate surface area is 197 Å². The standard InChI is InChI=1S/C26H26O8/c1-29-23-13-19(25(27)31-3)9-11-21(23)33-15-17-5-7-18(8-6-17)16-34-22-12-10-20(26(28)32-4)14-24(22)30-2/h5-14H,15-16H2,1-4H3. The Bertz CT molecular complexity index is 1050. The van der Waals surface area contributed by atoms with Crippen molar-refractivity contribution in [2.45, 2.75) is 13.2 Å². The molecule has 0 amide bonds. The van der Waals surface area contributed by atoms with Gasteiger partial charge in [0.25, 0.3) is 0 Å². The molecule has 3 rings (SSSR count). The van der Waals surface area contributed by atoms with Gasteiger partial charge in [-0.3, -0.25) is 0 Å². The number of methoxy groups -OCH3 is 4. The molecule has 0 heterocycles. The molecule has 3 aromatic rings. The Balaban J connectivity index is 1.60. The third-order valence-corrected chi connectivity index (χ3v) is 4.98. The fourth-order valence-corrected chi connectivity index (χ4v) is 3.12. The second kappa shape index (κ2) is 11.6. The van der Waals surface area contributed by atoms with Gasteiger partial charge in [0.1, 0.15) is 13.2 Å². The average Bonchev–Trinajstić information content (AvgIpc) is 2.90. The Morgan fingerprint density at radius 3 is 1.26 bits per heavy atom. The minimum atomic E-state index is -0.445. The molecule has 0 saturated heterocycles. The zero-order chi connectivity index (χ0) is 24.5. The molecular formula is C26H26O8. The van der Waals surface area contributed by atoms with Gasteiger partial charge in [0.2, 0.25) is 0 Å². The van der Waals surface area contributed by atoms with Crippen LogP contribution in [-0.2, 0) is 22.7 Å². The van der Waals surface area contributed by atoms with Crippen molar-refractivity contribution in [3.63, 3.8) is 0 Å². The van der Waals surface area contributed by atoms with E-state index < -0.39 is 11.9 Å². The third kappa shape index (κ3) is 5.98. The van der Waals surface area contributed by atoms with E-state index in [0.29, 0.717) is 47.3 Å². The lowest BCUT2D eigenvalue weighted by Gasteiger charge is -2.13. The van der Waals surface area contributed by atoms with Crippen LogP contribution in [0.25, 0.3) is 0 Å². The summed E-state index contributed by atoms with van der Waals surface area (Å²) >= 11 is 0. The Hall–Kier alpha value is -4.20. The minimum absolute atomic E-state index is 0.317. The van der Waals surface area contributed by atoms with E-state index in [0.717, 1.165) is 11.1 Å². The van der Waals surface area contributed by atoms with E-state index in [9.17, 15) is 9.59 Å².